The summed E-state index contributed by atoms with van der Waals surface area (Å²) in [5.74, 6) is -0.372. The fourth-order valence-electron chi connectivity index (χ4n) is 0.517. The van der Waals surface area contributed by atoms with Gasteiger partial charge in [-0.1, -0.05) is 0 Å². The summed E-state index contributed by atoms with van der Waals surface area (Å²) < 4.78 is 0. The van der Waals surface area contributed by atoms with Crippen LogP contribution in [0.25, 0.3) is 0 Å². The zero-order valence-electron chi connectivity index (χ0n) is 4.59. The van der Waals surface area contributed by atoms with Crippen LogP contribution >= 0.6 is 0 Å². The van der Waals surface area contributed by atoms with Crippen molar-refractivity contribution in [1.29, 1.82) is 0 Å². The van der Waals surface area contributed by atoms with Crippen molar-refractivity contribution in [2.75, 3.05) is 0 Å². The largest absolute Gasteiger partial charge is 0.384 e. The summed E-state index contributed by atoms with van der Waals surface area (Å²) in [5, 5.41) is 3.47. The molecule has 0 bridgehead atoms. The molecule has 9 heavy (non-hydrogen) atoms. The van der Waals surface area contributed by atoms with E-state index in [9.17, 15) is 4.79 Å². The van der Waals surface area contributed by atoms with Gasteiger partial charge in [-0.25, -0.2) is 11.0 Å². The summed E-state index contributed by atoms with van der Waals surface area (Å²) in [6, 6.07) is -0.662. The number of rotatable bonds is 1. The van der Waals surface area contributed by atoms with Crippen molar-refractivity contribution in [2.45, 2.75) is 6.04 Å². The van der Waals surface area contributed by atoms with E-state index in [1.54, 1.807) is 0 Å². The number of nitrogens with one attached hydrogen (secondary N) is 2. The van der Waals surface area contributed by atoms with E-state index in [1.807, 2.05) is 0 Å². The molecule has 1 unspecified atom stereocenters. The van der Waals surface area contributed by atoms with Crippen LogP contribution in [-0.4, -0.2) is 17.8 Å². The van der Waals surface area contributed by atoms with E-state index in [0.29, 0.717) is 0 Å². The number of hydrogen-bond acceptors (Lipinski definition) is 5. The lowest BCUT2D eigenvalue weighted by Crippen LogP contribution is -2.47. The second-order valence-electron chi connectivity index (χ2n) is 1.63. The third-order valence-electron chi connectivity index (χ3n) is 0.974. The van der Waals surface area contributed by atoms with E-state index in [2.05, 4.69) is 16.1 Å². The number of primary amides is 1. The third-order valence-corrected chi connectivity index (χ3v) is 0.974. The summed E-state index contributed by atoms with van der Waals surface area (Å²) in [7, 11) is 0. The molecule has 0 aliphatic carbocycles. The van der Waals surface area contributed by atoms with Gasteiger partial charge in [0.15, 0.2) is 6.04 Å². The molecule has 6 nitrogen and oxygen atoms in total. The summed E-state index contributed by atoms with van der Waals surface area (Å²) in [4.78, 5) is 10.4. The number of hydrazine groups is 1. The molecule has 50 valence electrons. The molecule has 1 rings (SSSR count). The Morgan fingerprint density at radius 1 is 1.78 bits per heavy atom. The molecule has 0 aromatic rings. The Bertz CT molecular complexity index is 164. The van der Waals surface area contributed by atoms with Crippen LogP contribution in [0.2, 0.25) is 0 Å². The quantitative estimate of drug-likeness (QED) is 0.307. The Labute approximate surface area is 51.2 Å². The van der Waals surface area contributed by atoms with Gasteiger partial charge in [0.2, 0.25) is 5.91 Å². The van der Waals surface area contributed by atoms with Crippen LogP contribution in [0.4, 0.5) is 0 Å². The highest BCUT2D eigenvalue weighted by atomic mass is 16.1. The number of carbonyl (C=O) groups is 1. The summed E-state index contributed by atoms with van der Waals surface area (Å²) in [6.45, 7) is 0. The average Bonchev–Trinajstić information content (AvgIpc) is 2.13. The molecule has 0 fully saturated rings. The van der Waals surface area contributed by atoms with Gasteiger partial charge >= 0.3 is 0 Å². The number of amidine groups is 1. The van der Waals surface area contributed by atoms with Crippen molar-refractivity contribution in [3.63, 3.8) is 0 Å². The standard InChI is InChI=1S/C3H7N5O/c4-2-1(3(5)9)6-8-7-2/h1,6,8H,(H2,4,7)(H2,5,9). The molecule has 1 aliphatic rings. The highest BCUT2D eigenvalue weighted by molar-refractivity contribution is 6.06. The van der Waals surface area contributed by atoms with Gasteiger partial charge in [0.1, 0.15) is 5.84 Å². The number of nitrogens with zero attached hydrogens (tertiary/aromatic N) is 1. The minimum atomic E-state index is -0.662. The van der Waals surface area contributed by atoms with E-state index < -0.39 is 11.9 Å². The van der Waals surface area contributed by atoms with Crippen LogP contribution < -0.4 is 22.4 Å². The molecular formula is C3H7N5O. The van der Waals surface area contributed by atoms with Crippen molar-refractivity contribution in [1.82, 2.24) is 11.0 Å². The molecule has 1 heterocycles. The van der Waals surface area contributed by atoms with Gasteiger partial charge in [0.25, 0.3) is 0 Å². The van der Waals surface area contributed by atoms with Crippen molar-refractivity contribution in [3.8, 4) is 0 Å². The number of nitrogens with two attached hydrogens (primary N) is 2. The average molecular weight is 129 g/mol. The van der Waals surface area contributed by atoms with Gasteiger partial charge in [-0.15, -0.1) is 5.10 Å². The van der Waals surface area contributed by atoms with Crippen LogP contribution in [0.1, 0.15) is 0 Å². The van der Waals surface area contributed by atoms with Gasteiger partial charge < -0.3 is 11.5 Å². The summed E-state index contributed by atoms with van der Waals surface area (Å²) in [5.41, 5.74) is 14.9. The van der Waals surface area contributed by atoms with Crippen LogP contribution in [0.5, 0.6) is 0 Å². The van der Waals surface area contributed by atoms with Crippen LogP contribution in [-0.2, 0) is 4.79 Å². The minimum absolute atomic E-state index is 0.169. The van der Waals surface area contributed by atoms with Crippen LogP contribution in [0.3, 0.4) is 0 Å². The lowest BCUT2D eigenvalue weighted by Gasteiger charge is -2.01. The Hall–Kier alpha value is -1.30. The Kier molecular flexibility index (Phi) is 1.23. The Balaban J connectivity index is 2.63. The lowest BCUT2D eigenvalue weighted by atomic mass is 10.3. The number of hydrogen-bond donors (Lipinski definition) is 4. The van der Waals surface area contributed by atoms with Gasteiger partial charge in [-0.05, 0) is 0 Å². The van der Waals surface area contributed by atoms with E-state index in [0.717, 1.165) is 0 Å². The van der Waals surface area contributed by atoms with Crippen molar-refractivity contribution >= 4 is 11.7 Å². The van der Waals surface area contributed by atoms with E-state index >= 15 is 0 Å². The molecule has 6 heteroatoms. The van der Waals surface area contributed by atoms with Crippen molar-refractivity contribution in [3.05, 3.63) is 0 Å². The molecule has 0 radical (unpaired) electrons. The number of hydrazone groups is 1. The first-order chi connectivity index (χ1) is 4.22. The maximum atomic E-state index is 10.4. The maximum absolute atomic E-state index is 10.4. The van der Waals surface area contributed by atoms with E-state index in [-0.39, 0.29) is 5.84 Å². The SMILES string of the molecule is NC(=O)C1NNN=C1N. The first-order valence-electron chi connectivity index (χ1n) is 2.34. The second kappa shape index (κ2) is 1.90. The molecule has 1 aliphatic heterocycles. The molecular weight excluding hydrogens is 122 g/mol. The fraction of sp³-hybridized carbons (Fsp3) is 0.333. The normalized spacial score (nSPS) is 24.9. The zero-order chi connectivity index (χ0) is 6.85. The highest BCUT2D eigenvalue weighted by Crippen LogP contribution is 1.85. The van der Waals surface area contributed by atoms with Gasteiger partial charge in [0.05, 0.1) is 0 Å². The fourth-order valence-corrected chi connectivity index (χ4v) is 0.517. The van der Waals surface area contributed by atoms with E-state index in [1.165, 1.54) is 0 Å². The van der Waals surface area contributed by atoms with Crippen LogP contribution in [0, 0.1) is 0 Å². The highest BCUT2D eigenvalue weighted by Gasteiger charge is 2.22. The maximum Gasteiger partial charge on any atom is 0.244 e. The van der Waals surface area contributed by atoms with Crippen LogP contribution in [0.15, 0.2) is 5.10 Å². The monoisotopic (exact) mass is 129 g/mol. The molecule has 0 aromatic heterocycles. The number of carbonyl (C=O) groups excluding carboxylic acids is 1. The predicted octanol–water partition coefficient (Wildman–Crippen LogP) is -2.78. The van der Waals surface area contributed by atoms with Gasteiger partial charge in [-0.3, -0.25) is 4.79 Å². The van der Waals surface area contributed by atoms with Crippen molar-refractivity contribution in [2.24, 2.45) is 16.6 Å². The smallest absolute Gasteiger partial charge is 0.244 e. The molecule has 1 atom stereocenters. The van der Waals surface area contributed by atoms with Gasteiger partial charge in [-0.2, -0.15) is 0 Å². The number of amides is 1. The first kappa shape index (κ1) is 5.83. The zero-order valence-corrected chi connectivity index (χ0v) is 4.59. The Morgan fingerprint density at radius 2 is 2.44 bits per heavy atom. The van der Waals surface area contributed by atoms with Crippen molar-refractivity contribution < 1.29 is 4.79 Å². The molecule has 0 saturated carbocycles. The molecule has 6 N–H and O–H groups in total. The summed E-state index contributed by atoms with van der Waals surface area (Å²) in [6.07, 6.45) is 0. The topological polar surface area (TPSA) is 106 Å². The Morgan fingerprint density at radius 3 is 2.67 bits per heavy atom. The predicted molar refractivity (Wildman–Crippen MR) is 30.9 cm³/mol. The summed E-state index contributed by atoms with van der Waals surface area (Å²) >= 11 is 0. The first-order valence-corrected chi connectivity index (χ1v) is 2.34. The molecule has 0 saturated heterocycles. The second-order valence-corrected chi connectivity index (χ2v) is 1.63. The van der Waals surface area contributed by atoms with Gasteiger partial charge in [0, 0.05) is 0 Å². The molecule has 0 aromatic carbocycles. The molecule has 1 amide bonds. The lowest BCUT2D eigenvalue weighted by molar-refractivity contribution is -0.118. The van der Waals surface area contributed by atoms with E-state index in [4.69, 9.17) is 11.5 Å². The molecule has 0 spiro atoms. The minimum Gasteiger partial charge on any atom is -0.384 e. The third kappa shape index (κ3) is 0.918.